The first-order valence-electron chi connectivity index (χ1n) is 5.00. The molecule has 3 atom stereocenters. The standard InChI is InChI=1S/C10H15NO2/c1-2-3-8-6-10(4-5-12-8)9(7-11)13-10/h8-9H,2-6H2,1H3. The van der Waals surface area contributed by atoms with Gasteiger partial charge in [-0.1, -0.05) is 13.3 Å². The fraction of sp³-hybridized carbons (Fsp3) is 0.900. The Labute approximate surface area is 78.6 Å². The molecule has 0 saturated carbocycles. The summed E-state index contributed by atoms with van der Waals surface area (Å²) in [6.07, 6.45) is 4.19. The van der Waals surface area contributed by atoms with Gasteiger partial charge in [-0.25, -0.2) is 0 Å². The van der Waals surface area contributed by atoms with Crippen molar-refractivity contribution < 1.29 is 9.47 Å². The predicted molar refractivity (Wildman–Crippen MR) is 47.1 cm³/mol. The molecule has 0 aromatic carbocycles. The molecule has 13 heavy (non-hydrogen) atoms. The minimum Gasteiger partial charge on any atom is -0.378 e. The van der Waals surface area contributed by atoms with Crippen molar-refractivity contribution in [3.8, 4) is 6.07 Å². The average Bonchev–Trinajstić information content (AvgIpc) is 2.79. The highest BCUT2D eigenvalue weighted by molar-refractivity contribution is 5.15. The van der Waals surface area contributed by atoms with Crippen molar-refractivity contribution >= 4 is 0 Å². The molecule has 0 bridgehead atoms. The van der Waals surface area contributed by atoms with Gasteiger partial charge in [-0.3, -0.25) is 0 Å². The second-order valence-corrected chi connectivity index (χ2v) is 3.93. The van der Waals surface area contributed by atoms with E-state index in [1.54, 1.807) is 0 Å². The quantitative estimate of drug-likeness (QED) is 0.608. The Bertz CT molecular complexity index is 234. The van der Waals surface area contributed by atoms with Crippen LogP contribution in [0, 0.1) is 11.3 Å². The van der Waals surface area contributed by atoms with Crippen LogP contribution in [0.4, 0.5) is 0 Å². The van der Waals surface area contributed by atoms with Gasteiger partial charge < -0.3 is 9.47 Å². The van der Waals surface area contributed by atoms with Gasteiger partial charge in [0.05, 0.1) is 12.2 Å². The molecule has 3 nitrogen and oxygen atoms in total. The zero-order valence-electron chi connectivity index (χ0n) is 7.95. The summed E-state index contributed by atoms with van der Waals surface area (Å²) in [6.45, 7) is 2.91. The van der Waals surface area contributed by atoms with Crippen LogP contribution in [-0.2, 0) is 9.47 Å². The number of hydrogen-bond donors (Lipinski definition) is 0. The molecule has 72 valence electrons. The van der Waals surface area contributed by atoms with Gasteiger partial charge in [0, 0.05) is 19.4 Å². The number of nitrogens with zero attached hydrogens (tertiary/aromatic N) is 1. The molecule has 0 amide bonds. The third-order valence-electron chi connectivity index (χ3n) is 2.95. The van der Waals surface area contributed by atoms with Crippen LogP contribution in [-0.4, -0.2) is 24.4 Å². The summed E-state index contributed by atoms with van der Waals surface area (Å²) >= 11 is 0. The summed E-state index contributed by atoms with van der Waals surface area (Å²) in [5, 5.41) is 8.72. The fourth-order valence-electron chi connectivity index (χ4n) is 2.14. The van der Waals surface area contributed by atoms with Crippen molar-refractivity contribution in [3.05, 3.63) is 0 Å². The Balaban J connectivity index is 1.91. The van der Waals surface area contributed by atoms with Gasteiger partial charge in [-0.15, -0.1) is 0 Å². The summed E-state index contributed by atoms with van der Waals surface area (Å²) < 4.78 is 11.0. The van der Waals surface area contributed by atoms with Gasteiger partial charge in [0.15, 0.2) is 6.10 Å². The highest BCUT2D eigenvalue weighted by Crippen LogP contribution is 2.46. The van der Waals surface area contributed by atoms with Gasteiger partial charge in [0.25, 0.3) is 0 Å². The summed E-state index contributed by atoms with van der Waals surface area (Å²) in [4.78, 5) is 0. The first-order chi connectivity index (χ1) is 6.30. The van der Waals surface area contributed by atoms with Gasteiger partial charge in [0.2, 0.25) is 0 Å². The minimum absolute atomic E-state index is 0.118. The van der Waals surface area contributed by atoms with Crippen molar-refractivity contribution in [2.75, 3.05) is 6.61 Å². The molecule has 0 N–H and O–H groups in total. The molecule has 0 aromatic heterocycles. The largest absolute Gasteiger partial charge is 0.378 e. The molecule has 3 unspecified atom stereocenters. The van der Waals surface area contributed by atoms with Crippen LogP contribution in [0.3, 0.4) is 0 Å². The van der Waals surface area contributed by atoms with E-state index < -0.39 is 0 Å². The first kappa shape index (κ1) is 8.98. The van der Waals surface area contributed by atoms with Gasteiger partial charge >= 0.3 is 0 Å². The molecule has 2 aliphatic rings. The second-order valence-electron chi connectivity index (χ2n) is 3.93. The Hall–Kier alpha value is -0.590. The maximum Gasteiger partial charge on any atom is 0.173 e. The molecule has 0 radical (unpaired) electrons. The van der Waals surface area contributed by atoms with Crippen molar-refractivity contribution in [1.82, 2.24) is 0 Å². The van der Waals surface area contributed by atoms with Crippen LogP contribution in [0.15, 0.2) is 0 Å². The lowest BCUT2D eigenvalue weighted by Gasteiger charge is -2.27. The zero-order chi connectivity index (χ0) is 9.31. The van der Waals surface area contributed by atoms with Crippen LogP contribution in [0.1, 0.15) is 32.6 Å². The van der Waals surface area contributed by atoms with Crippen LogP contribution in [0.2, 0.25) is 0 Å². The molecule has 0 aromatic rings. The molecule has 3 heteroatoms. The minimum atomic E-state index is -0.157. The molecule has 1 spiro atoms. The summed E-state index contributed by atoms with van der Waals surface area (Å²) in [6, 6.07) is 2.18. The van der Waals surface area contributed by atoms with E-state index in [0.717, 1.165) is 32.3 Å². The normalized spacial score (nSPS) is 43.1. The average molecular weight is 181 g/mol. The molecular weight excluding hydrogens is 166 g/mol. The third kappa shape index (κ3) is 1.56. The van der Waals surface area contributed by atoms with Crippen LogP contribution >= 0.6 is 0 Å². The smallest absolute Gasteiger partial charge is 0.173 e. The van der Waals surface area contributed by atoms with E-state index in [4.69, 9.17) is 14.7 Å². The van der Waals surface area contributed by atoms with Gasteiger partial charge in [-0.05, 0) is 6.42 Å². The van der Waals surface area contributed by atoms with E-state index in [1.165, 1.54) is 0 Å². The van der Waals surface area contributed by atoms with E-state index in [1.807, 2.05) is 0 Å². The van der Waals surface area contributed by atoms with E-state index in [0.29, 0.717) is 6.10 Å². The summed E-state index contributed by atoms with van der Waals surface area (Å²) in [5.74, 6) is 0. The molecular formula is C10H15NO2. The summed E-state index contributed by atoms with van der Waals surface area (Å²) in [7, 11) is 0. The monoisotopic (exact) mass is 181 g/mol. The number of hydrogen-bond acceptors (Lipinski definition) is 3. The van der Waals surface area contributed by atoms with Crippen molar-refractivity contribution in [1.29, 1.82) is 5.26 Å². The lowest BCUT2D eigenvalue weighted by molar-refractivity contribution is -0.0236. The van der Waals surface area contributed by atoms with Crippen molar-refractivity contribution in [2.24, 2.45) is 0 Å². The lowest BCUT2D eigenvalue weighted by Crippen LogP contribution is -2.32. The second kappa shape index (κ2) is 3.28. The first-order valence-corrected chi connectivity index (χ1v) is 5.00. The number of nitriles is 1. The molecule has 2 heterocycles. The molecule has 2 rings (SSSR count). The van der Waals surface area contributed by atoms with Crippen molar-refractivity contribution in [2.45, 2.75) is 50.4 Å². The maximum atomic E-state index is 8.72. The maximum absolute atomic E-state index is 8.72. The SMILES string of the molecule is CCCC1CC2(CCO1)OC2C#N. The topological polar surface area (TPSA) is 45.5 Å². The lowest BCUT2D eigenvalue weighted by atomic mass is 9.91. The molecule has 2 aliphatic heterocycles. The van der Waals surface area contributed by atoms with Crippen LogP contribution in [0.25, 0.3) is 0 Å². The Morgan fingerprint density at radius 1 is 1.62 bits per heavy atom. The highest BCUT2D eigenvalue weighted by Gasteiger charge is 2.58. The van der Waals surface area contributed by atoms with Gasteiger partial charge in [0.1, 0.15) is 5.60 Å². The van der Waals surface area contributed by atoms with E-state index >= 15 is 0 Å². The zero-order valence-corrected chi connectivity index (χ0v) is 7.95. The van der Waals surface area contributed by atoms with E-state index in [-0.39, 0.29) is 11.7 Å². The molecule has 0 aliphatic carbocycles. The third-order valence-corrected chi connectivity index (χ3v) is 2.95. The van der Waals surface area contributed by atoms with Crippen LogP contribution in [0.5, 0.6) is 0 Å². The highest BCUT2D eigenvalue weighted by atomic mass is 16.6. The number of epoxide rings is 1. The Morgan fingerprint density at radius 3 is 3.08 bits per heavy atom. The van der Waals surface area contributed by atoms with E-state index in [9.17, 15) is 0 Å². The van der Waals surface area contributed by atoms with Crippen molar-refractivity contribution in [3.63, 3.8) is 0 Å². The molecule has 2 saturated heterocycles. The Kier molecular flexibility index (Phi) is 2.27. The Morgan fingerprint density at radius 2 is 2.46 bits per heavy atom. The van der Waals surface area contributed by atoms with E-state index in [2.05, 4.69) is 13.0 Å². The van der Waals surface area contributed by atoms with Gasteiger partial charge in [-0.2, -0.15) is 5.26 Å². The fourth-order valence-corrected chi connectivity index (χ4v) is 2.14. The summed E-state index contributed by atoms with van der Waals surface area (Å²) in [5.41, 5.74) is -0.118. The number of ether oxygens (including phenoxy) is 2. The predicted octanol–water partition coefficient (Wildman–Crippen LogP) is 1.63. The number of rotatable bonds is 2. The molecule has 2 fully saturated rings. The van der Waals surface area contributed by atoms with Crippen LogP contribution < -0.4 is 0 Å².